The standard InChI is InChI=1S/C17H27NO/c1-3-17(14-8-10-16(19)11-9-14)18-12-15-7-5-4-6-13(15)2/h8-11,13,15,17-19H,3-7,12H2,1-2H3. The fourth-order valence-corrected chi connectivity index (χ4v) is 3.19. The quantitative estimate of drug-likeness (QED) is 0.830. The molecule has 1 aromatic rings. The van der Waals surface area contributed by atoms with Crippen LogP contribution in [0.25, 0.3) is 0 Å². The first-order valence-electron chi connectivity index (χ1n) is 7.73. The zero-order valence-electron chi connectivity index (χ0n) is 12.2. The number of hydrogen-bond acceptors (Lipinski definition) is 2. The third-order valence-electron chi connectivity index (χ3n) is 4.62. The molecule has 2 nitrogen and oxygen atoms in total. The Bertz CT molecular complexity index is 373. The lowest BCUT2D eigenvalue weighted by molar-refractivity contribution is 0.240. The first kappa shape index (κ1) is 14.4. The minimum absolute atomic E-state index is 0.347. The molecule has 0 heterocycles. The second-order valence-corrected chi connectivity index (χ2v) is 5.98. The average Bonchev–Trinajstić information content (AvgIpc) is 2.43. The van der Waals surface area contributed by atoms with Gasteiger partial charge in [0.05, 0.1) is 0 Å². The zero-order chi connectivity index (χ0) is 13.7. The van der Waals surface area contributed by atoms with E-state index < -0.39 is 0 Å². The largest absolute Gasteiger partial charge is 0.508 e. The lowest BCUT2D eigenvalue weighted by Gasteiger charge is -2.30. The summed E-state index contributed by atoms with van der Waals surface area (Å²) in [6.07, 6.45) is 6.66. The van der Waals surface area contributed by atoms with Crippen LogP contribution in [0.15, 0.2) is 24.3 Å². The molecule has 0 bridgehead atoms. The van der Waals surface area contributed by atoms with E-state index in [0.717, 1.165) is 24.8 Å². The first-order valence-corrected chi connectivity index (χ1v) is 7.73. The number of phenolic OH excluding ortho intramolecular Hbond substituents is 1. The van der Waals surface area contributed by atoms with Crippen molar-refractivity contribution in [2.45, 2.75) is 52.0 Å². The Labute approximate surface area is 117 Å². The zero-order valence-corrected chi connectivity index (χ0v) is 12.2. The molecule has 1 aliphatic carbocycles. The molecule has 0 amide bonds. The number of nitrogens with one attached hydrogen (secondary N) is 1. The summed E-state index contributed by atoms with van der Waals surface area (Å²) in [6.45, 7) is 5.74. The van der Waals surface area contributed by atoms with Gasteiger partial charge in [-0.25, -0.2) is 0 Å². The highest BCUT2D eigenvalue weighted by Crippen LogP contribution is 2.30. The molecule has 2 rings (SSSR count). The first-order chi connectivity index (χ1) is 9.20. The van der Waals surface area contributed by atoms with Gasteiger partial charge in [0.15, 0.2) is 0 Å². The summed E-state index contributed by atoms with van der Waals surface area (Å²) in [5.41, 5.74) is 1.28. The minimum atomic E-state index is 0.347. The molecule has 0 spiro atoms. The van der Waals surface area contributed by atoms with Crippen LogP contribution in [0.2, 0.25) is 0 Å². The van der Waals surface area contributed by atoms with Gasteiger partial charge in [-0.15, -0.1) is 0 Å². The fraction of sp³-hybridized carbons (Fsp3) is 0.647. The van der Waals surface area contributed by atoms with Crippen molar-refractivity contribution in [3.63, 3.8) is 0 Å². The van der Waals surface area contributed by atoms with E-state index in [0.29, 0.717) is 11.8 Å². The number of hydrogen-bond donors (Lipinski definition) is 2. The predicted octanol–water partition coefficient (Wildman–Crippen LogP) is 4.26. The Kier molecular flexibility index (Phi) is 5.26. The van der Waals surface area contributed by atoms with Gasteiger partial charge < -0.3 is 10.4 Å². The van der Waals surface area contributed by atoms with Crippen LogP contribution in [0.1, 0.15) is 57.6 Å². The smallest absolute Gasteiger partial charge is 0.115 e. The average molecular weight is 261 g/mol. The predicted molar refractivity (Wildman–Crippen MR) is 80.3 cm³/mol. The summed E-state index contributed by atoms with van der Waals surface area (Å²) in [4.78, 5) is 0. The monoisotopic (exact) mass is 261 g/mol. The third kappa shape index (κ3) is 3.97. The molecule has 2 heteroatoms. The Morgan fingerprint density at radius 1 is 1.21 bits per heavy atom. The SMILES string of the molecule is CCC(NCC1CCCCC1C)c1ccc(O)cc1. The molecular weight excluding hydrogens is 234 g/mol. The van der Waals surface area contributed by atoms with Crippen molar-refractivity contribution in [2.75, 3.05) is 6.54 Å². The Hall–Kier alpha value is -1.02. The third-order valence-corrected chi connectivity index (χ3v) is 4.62. The minimum Gasteiger partial charge on any atom is -0.508 e. The van der Waals surface area contributed by atoms with Crippen LogP contribution in [-0.2, 0) is 0 Å². The summed E-state index contributed by atoms with van der Waals surface area (Å²) >= 11 is 0. The van der Waals surface area contributed by atoms with Gasteiger partial charge in [0.1, 0.15) is 5.75 Å². The summed E-state index contributed by atoms with van der Waals surface area (Å²) in [6, 6.07) is 8.03. The Balaban J connectivity index is 1.90. The second-order valence-electron chi connectivity index (χ2n) is 5.98. The van der Waals surface area contributed by atoms with Crippen LogP contribution >= 0.6 is 0 Å². The molecule has 3 unspecified atom stereocenters. The van der Waals surface area contributed by atoms with E-state index in [9.17, 15) is 5.11 Å². The van der Waals surface area contributed by atoms with Crippen LogP contribution in [0.3, 0.4) is 0 Å². The van der Waals surface area contributed by atoms with Crippen molar-refractivity contribution in [3.05, 3.63) is 29.8 Å². The highest BCUT2D eigenvalue weighted by Gasteiger charge is 2.22. The van der Waals surface area contributed by atoms with Crippen LogP contribution in [0.5, 0.6) is 5.75 Å². The number of benzene rings is 1. The van der Waals surface area contributed by atoms with E-state index in [1.165, 1.54) is 31.2 Å². The van der Waals surface area contributed by atoms with Gasteiger partial charge in [0, 0.05) is 6.04 Å². The van der Waals surface area contributed by atoms with Crippen molar-refractivity contribution in [1.82, 2.24) is 5.32 Å². The van der Waals surface area contributed by atoms with E-state index in [1.807, 2.05) is 12.1 Å². The molecule has 0 radical (unpaired) electrons. The van der Waals surface area contributed by atoms with Gasteiger partial charge in [-0.05, 0) is 48.9 Å². The van der Waals surface area contributed by atoms with Crippen molar-refractivity contribution in [2.24, 2.45) is 11.8 Å². The molecule has 1 saturated carbocycles. The van der Waals surface area contributed by atoms with Gasteiger partial charge >= 0.3 is 0 Å². The van der Waals surface area contributed by atoms with Gasteiger partial charge in [-0.2, -0.15) is 0 Å². The lowest BCUT2D eigenvalue weighted by atomic mass is 9.80. The molecule has 0 aromatic heterocycles. The molecule has 1 aliphatic rings. The van der Waals surface area contributed by atoms with Crippen LogP contribution in [0, 0.1) is 11.8 Å². The molecule has 2 N–H and O–H groups in total. The maximum absolute atomic E-state index is 9.36. The number of aromatic hydroxyl groups is 1. The van der Waals surface area contributed by atoms with Gasteiger partial charge in [-0.1, -0.05) is 45.2 Å². The topological polar surface area (TPSA) is 32.3 Å². The molecular formula is C17H27NO. The van der Waals surface area contributed by atoms with E-state index in [1.54, 1.807) is 12.1 Å². The molecule has 3 atom stereocenters. The van der Waals surface area contributed by atoms with Gasteiger partial charge in [0.2, 0.25) is 0 Å². The summed E-state index contributed by atoms with van der Waals surface area (Å²) in [5.74, 6) is 2.04. The van der Waals surface area contributed by atoms with Crippen molar-refractivity contribution in [3.8, 4) is 5.75 Å². The lowest BCUT2D eigenvalue weighted by Crippen LogP contribution is -2.31. The van der Waals surface area contributed by atoms with E-state index >= 15 is 0 Å². The molecule has 0 saturated heterocycles. The molecule has 19 heavy (non-hydrogen) atoms. The van der Waals surface area contributed by atoms with Crippen molar-refractivity contribution in [1.29, 1.82) is 0 Å². The highest BCUT2D eigenvalue weighted by atomic mass is 16.3. The van der Waals surface area contributed by atoms with Gasteiger partial charge in [0.25, 0.3) is 0 Å². The maximum Gasteiger partial charge on any atom is 0.115 e. The van der Waals surface area contributed by atoms with Crippen molar-refractivity contribution < 1.29 is 5.11 Å². The van der Waals surface area contributed by atoms with E-state index in [2.05, 4.69) is 19.2 Å². The molecule has 1 fully saturated rings. The number of rotatable bonds is 5. The summed E-state index contributed by atoms with van der Waals surface area (Å²) in [7, 11) is 0. The summed E-state index contributed by atoms with van der Waals surface area (Å²) < 4.78 is 0. The molecule has 1 aromatic carbocycles. The maximum atomic E-state index is 9.36. The van der Waals surface area contributed by atoms with E-state index in [-0.39, 0.29) is 0 Å². The molecule has 106 valence electrons. The Morgan fingerprint density at radius 2 is 1.89 bits per heavy atom. The summed E-state index contributed by atoms with van der Waals surface area (Å²) in [5, 5.41) is 13.1. The van der Waals surface area contributed by atoms with Gasteiger partial charge in [-0.3, -0.25) is 0 Å². The Morgan fingerprint density at radius 3 is 2.53 bits per heavy atom. The van der Waals surface area contributed by atoms with Crippen LogP contribution in [0.4, 0.5) is 0 Å². The van der Waals surface area contributed by atoms with Crippen LogP contribution in [-0.4, -0.2) is 11.7 Å². The van der Waals surface area contributed by atoms with Crippen LogP contribution < -0.4 is 5.32 Å². The number of phenols is 1. The normalized spacial score (nSPS) is 25.2. The highest BCUT2D eigenvalue weighted by molar-refractivity contribution is 5.27. The fourth-order valence-electron chi connectivity index (χ4n) is 3.19. The second kappa shape index (κ2) is 6.95. The van der Waals surface area contributed by atoms with E-state index in [4.69, 9.17) is 0 Å². The molecule has 0 aliphatic heterocycles. The van der Waals surface area contributed by atoms with Crippen molar-refractivity contribution >= 4 is 0 Å².